The van der Waals surface area contributed by atoms with Crippen LogP contribution in [0.5, 0.6) is 0 Å². The van der Waals surface area contributed by atoms with Crippen molar-refractivity contribution in [1.82, 2.24) is 4.98 Å². The zero-order chi connectivity index (χ0) is 22.6. The van der Waals surface area contributed by atoms with E-state index in [9.17, 15) is 0 Å². The van der Waals surface area contributed by atoms with Gasteiger partial charge in [-0.15, -0.1) is 0 Å². The second kappa shape index (κ2) is 19.9. The van der Waals surface area contributed by atoms with Gasteiger partial charge >= 0.3 is 0 Å². The van der Waals surface area contributed by atoms with E-state index < -0.39 is 0 Å². The van der Waals surface area contributed by atoms with Crippen molar-refractivity contribution < 1.29 is 4.57 Å². The number of imidazole rings is 1. The van der Waals surface area contributed by atoms with Gasteiger partial charge in [0.1, 0.15) is 12.4 Å². The van der Waals surface area contributed by atoms with Crippen LogP contribution in [-0.4, -0.2) is 4.98 Å². The van der Waals surface area contributed by atoms with Gasteiger partial charge in [-0.2, -0.15) is 0 Å². The van der Waals surface area contributed by atoms with Crippen LogP contribution in [-0.2, 0) is 0 Å². The van der Waals surface area contributed by atoms with Crippen LogP contribution >= 0.6 is 0 Å². The second-order valence-corrected chi connectivity index (χ2v) is 10.1. The summed E-state index contributed by atoms with van der Waals surface area (Å²) in [4.78, 5) is 3.66. The minimum Gasteiger partial charge on any atom is -0.247 e. The molecule has 0 aliphatic rings. The highest BCUT2D eigenvalue weighted by molar-refractivity contribution is 4.90. The fourth-order valence-electron chi connectivity index (χ4n) is 5.01. The van der Waals surface area contributed by atoms with Crippen molar-refractivity contribution in [2.24, 2.45) is 0 Å². The molecule has 0 radical (unpaired) electrons. The van der Waals surface area contributed by atoms with Crippen LogP contribution in [0.15, 0.2) is 12.4 Å². The molecule has 0 saturated heterocycles. The summed E-state index contributed by atoms with van der Waals surface area (Å²) in [6, 6.07) is 0.625. The number of nitrogens with one attached hydrogen (secondary N) is 1. The summed E-state index contributed by atoms with van der Waals surface area (Å²) in [7, 11) is 0. The Kier molecular flexibility index (Phi) is 18.1. The van der Waals surface area contributed by atoms with E-state index in [1.807, 2.05) is 0 Å². The molecule has 2 nitrogen and oxygen atoms in total. The highest BCUT2D eigenvalue weighted by Gasteiger charge is 2.25. The van der Waals surface area contributed by atoms with Crippen LogP contribution in [0, 0.1) is 0 Å². The molecule has 0 amide bonds. The maximum atomic E-state index is 3.66. The maximum Gasteiger partial charge on any atom is 0.257 e. The third-order valence-corrected chi connectivity index (χ3v) is 7.14. The Balaban J connectivity index is 2.42. The third kappa shape index (κ3) is 13.4. The van der Waals surface area contributed by atoms with Crippen LogP contribution in [0.4, 0.5) is 0 Å². The molecule has 1 rings (SSSR count). The molecule has 0 fully saturated rings. The first-order valence-corrected chi connectivity index (χ1v) is 14.3. The van der Waals surface area contributed by atoms with Gasteiger partial charge in [0.15, 0.2) is 0 Å². The lowest BCUT2D eigenvalue weighted by molar-refractivity contribution is -0.727. The highest BCUT2D eigenvalue weighted by Crippen LogP contribution is 2.27. The van der Waals surface area contributed by atoms with Gasteiger partial charge in [0.25, 0.3) is 5.82 Å². The van der Waals surface area contributed by atoms with E-state index in [0.29, 0.717) is 12.0 Å². The average Bonchev–Trinajstić information content (AvgIpc) is 3.26. The van der Waals surface area contributed by atoms with Crippen molar-refractivity contribution in [3.05, 3.63) is 18.2 Å². The topological polar surface area (TPSA) is 19.7 Å². The van der Waals surface area contributed by atoms with Gasteiger partial charge in [0.2, 0.25) is 0 Å². The number of aromatic nitrogens is 2. The van der Waals surface area contributed by atoms with E-state index in [2.05, 4.69) is 49.6 Å². The van der Waals surface area contributed by atoms with Crippen molar-refractivity contribution >= 4 is 0 Å². The zero-order valence-corrected chi connectivity index (χ0v) is 21.9. The fraction of sp³-hybridized carbons (Fsp3) is 0.897. The van der Waals surface area contributed by atoms with Gasteiger partial charge in [-0.25, -0.2) is 9.55 Å². The third-order valence-electron chi connectivity index (χ3n) is 7.14. The number of hydrogen-bond donors (Lipinski definition) is 1. The first-order chi connectivity index (χ1) is 15.2. The Labute approximate surface area is 196 Å². The van der Waals surface area contributed by atoms with Crippen molar-refractivity contribution in [2.45, 2.75) is 168 Å². The van der Waals surface area contributed by atoms with Gasteiger partial charge in [0.05, 0.1) is 12.0 Å². The molecule has 1 heterocycles. The minimum absolute atomic E-state index is 0.625. The predicted octanol–water partition coefficient (Wildman–Crippen LogP) is 9.81. The van der Waals surface area contributed by atoms with E-state index in [1.165, 1.54) is 134 Å². The van der Waals surface area contributed by atoms with E-state index in [-0.39, 0.29) is 0 Å². The molecule has 0 spiro atoms. The zero-order valence-electron chi connectivity index (χ0n) is 21.9. The smallest absolute Gasteiger partial charge is 0.247 e. The molecule has 2 heteroatoms. The molecule has 1 N–H and O–H groups in total. The molecule has 1 aromatic heterocycles. The van der Waals surface area contributed by atoms with Gasteiger partial charge in [-0.1, -0.05) is 124 Å². The molecule has 182 valence electrons. The lowest BCUT2D eigenvalue weighted by Crippen LogP contribution is -2.41. The molecular weight excluding hydrogens is 376 g/mol. The molecule has 0 aliphatic carbocycles. The Morgan fingerprint density at radius 3 is 1.58 bits per heavy atom. The Bertz CT molecular complexity index is 493. The maximum absolute atomic E-state index is 3.66. The molecule has 0 bridgehead atoms. The Hall–Kier alpha value is -0.790. The summed E-state index contributed by atoms with van der Waals surface area (Å²) in [6.45, 7) is 9.37. The van der Waals surface area contributed by atoms with Gasteiger partial charge < -0.3 is 0 Å². The summed E-state index contributed by atoms with van der Waals surface area (Å²) in [5, 5.41) is 0. The minimum atomic E-state index is 0.625. The fourth-order valence-corrected chi connectivity index (χ4v) is 5.01. The lowest BCUT2D eigenvalue weighted by atomic mass is 9.93. The standard InChI is InChI=1S/C29H56N2/c1-5-8-11-13-14-15-16-18-20-22-27(4)31-26-25-30-29(31)28(23-19-10-7-3)24-21-17-12-9-6-2/h25-28H,5-24H2,1-4H3/p+1. The van der Waals surface area contributed by atoms with Gasteiger partial charge in [0, 0.05) is 0 Å². The number of unbranched alkanes of at least 4 members (excludes halogenated alkanes) is 14. The van der Waals surface area contributed by atoms with Crippen LogP contribution in [0.1, 0.15) is 174 Å². The molecule has 31 heavy (non-hydrogen) atoms. The predicted molar refractivity (Wildman–Crippen MR) is 138 cm³/mol. The normalized spacial score (nSPS) is 13.5. The summed E-state index contributed by atoms with van der Waals surface area (Å²) >= 11 is 0. The number of nitrogens with zero attached hydrogens (tertiary/aromatic N) is 1. The summed E-state index contributed by atoms with van der Waals surface area (Å²) in [5.74, 6) is 2.23. The first-order valence-electron chi connectivity index (χ1n) is 14.3. The monoisotopic (exact) mass is 433 g/mol. The number of H-pyrrole nitrogens is 1. The van der Waals surface area contributed by atoms with Crippen molar-refractivity contribution in [2.75, 3.05) is 0 Å². The summed E-state index contributed by atoms with van der Waals surface area (Å²) < 4.78 is 2.59. The van der Waals surface area contributed by atoms with E-state index in [1.54, 1.807) is 0 Å². The van der Waals surface area contributed by atoms with Crippen LogP contribution < -0.4 is 4.57 Å². The van der Waals surface area contributed by atoms with Crippen molar-refractivity contribution in [3.8, 4) is 0 Å². The van der Waals surface area contributed by atoms with Crippen LogP contribution in [0.2, 0.25) is 0 Å². The molecule has 2 atom stereocenters. The average molecular weight is 434 g/mol. The highest BCUT2D eigenvalue weighted by atomic mass is 15.1. The molecule has 2 unspecified atom stereocenters. The Morgan fingerprint density at radius 2 is 1.03 bits per heavy atom. The lowest BCUT2D eigenvalue weighted by Gasteiger charge is -2.17. The van der Waals surface area contributed by atoms with Crippen molar-refractivity contribution in [3.63, 3.8) is 0 Å². The second-order valence-electron chi connectivity index (χ2n) is 10.1. The largest absolute Gasteiger partial charge is 0.257 e. The van der Waals surface area contributed by atoms with Gasteiger partial charge in [-0.05, 0) is 32.6 Å². The van der Waals surface area contributed by atoms with E-state index in [0.717, 1.165) is 0 Å². The number of rotatable bonds is 22. The number of hydrogen-bond acceptors (Lipinski definition) is 0. The molecule has 0 aromatic carbocycles. The number of aromatic amines is 1. The summed E-state index contributed by atoms with van der Waals surface area (Å²) in [5.41, 5.74) is 0. The first kappa shape index (κ1) is 28.2. The molecule has 0 aliphatic heterocycles. The van der Waals surface area contributed by atoms with Gasteiger partial charge in [-0.3, -0.25) is 0 Å². The molecular formula is C29H57N2+. The molecule has 0 saturated carbocycles. The Morgan fingerprint density at radius 1 is 0.613 bits per heavy atom. The van der Waals surface area contributed by atoms with Crippen LogP contribution in [0.25, 0.3) is 0 Å². The van der Waals surface area contributed by atoms with E-state index >= 15 is 0 Å². The SMILES string of the molecule is CCCCCCCCCCCC(C)[n+]1cc[nH]c1C(CCCCC)CCCCCCC. The van der Waals surface area contributed by atoms with E-state index in [4.69, 9.17) is 0 Å². The molecule has 1 aromatic rings. The van der Waals surface area contributed by atoms with Crippen molar-refractivity contribution in [1.29, 1.82) is 0 Å². The summed E-state index contributed by atoms with van der Waals surface area (Å²) in [6.07, 6.45) is 32.4. The van der Waals surface area contributed by atoms with Crippen LogP contribution in [0.3, 0.4) is 0 Å². The quantitative estimate of drug-likeness (QED) is 0.139.